The van der Waals surface area contributed by atoms with E-state index < -0.39 is 0 Å². The lowest BCUT2D eigenvalue weighted by atomic mass is 10.3. The number of rotatable bonds is 2. The van der Waals surface area contributed by atoms with Crippen LogP contribution in [0.4, 0.5) is 11.4 Å². The first-order valence-electron chi connectivity index (χ1n) is 4.66. The Morgan fingerprint density at radius 2 is 2.12 bits per heavy atom. The van der Waals surface area contributed by atoms with E-state index in [2.05, 4.69) is 32.9 Å². The number of hydrogen-bond acceptors (Lipinski definition) is 2. The summed E-state index contributed by atoms with van der Waals surface area (Å²) in [5, 5.41) is 2.81. The van der Waals surface area contributed by atoms with Crippen molar-refractivity contribution in [2.75, 3.05) is 11.1 Å². The van der Waals surface area contributed by atoms with Crippen LogP contribution in [-0.2, 0) is 0 Å². The molecule has 2 rings (SSSR count). The lowest BCUT2D eigenvalue weighted by Crippen LogP contribution is -2.12. The number of carbonyl (C=O) groups is 1. The van der Waals surface area contributed by atoms with E-state index in [1.165, 1.54) is 0 Å². The SMILES string of the molecule is Nc1c[nH]c(C(=O)Nc2ccccc2I)c1. The molecule has 4 nitrogen and oxygen atoms in total. The summed E-state index contributed by atoms with van der Waals surface area (Å²) in [6, 6.07) is 9.18. The zero-order chi connectivity index (χ0) is 11.5. The summed E-state index contributed by atoms with van der Waals surface area (Å²) in [5.41, 5.74) is 7.32. The molecule has 0 unspecified atom stereocenters. The number of hydrogen-bond donors (Lipinski definition) is 3. The van der Waals surface area contributed by atoms with Crippen LogP contribution >= 0.6 is 22.6 Å². The molecule has 0 fully saturated rings. The first-order chi connectivity index (χ1) is 7.66. The minimum absolute atomic E-state index is 0.194. The number of benzene rings is 1. The van der Waals surface area contributed by atoms with Gasteiger partial charge in [0.25, 0.3) is 5.91 Å². The second-order valence-corrected chi connectivity index (χ2v) is 4.44. The van der Waals surface area contributed by atoms with Crippen molar-refractivity contribution < 1.29 is 4.79 Å². The highest BCUT2D eigenvalue weighted by Crippen LogP contribution is 2.18. The van der Waals surface area contributed by atoms with Gasteiger partial charge in [-0.25, -0.2) is 0 Å². The van der Waals surface area contributed by atoms with Crippen molar-refractivity contribution in [2.24, 2.45) is 0 Å². The molecule has 0 spiro atoms. The van der Waals surface area contributed by atoms with Crippen LogP contribution in [0.1, 0.15) is 10.5 Å². The predicted molar refractivity (Wildman–Crippen MR) is 72.3 cm³/mol. The fraction of sp³-hybridized carbons (Fsp3) is 0. The summed E-state index contributed by atoms with van der Waals surface area (Å²) in [5.74, 6) is -0.194. The van der Waals surface area contributed by atoms with Crippen LogP contribution in [0.15, 0.2) is 36.5 Å². The molecule has 0 aliphatic rings. The third-order valence-electron chi connectivity index (χ3n) is 2.07. The van der Waals surface area contributed by atoms with Gasteiger partial charge >= 0.3 is 0 Å². The van der Waals surface area contributed by atoms with E-state index in [4.69, 9.17) is 5.73 Å². The maximum atomic E-state index is 11.8. The van der Waals surface area contributed by atoms with E-state index in [0.29, 0.717) is 11.4 Å². The molecule has 0 aliphatic carbocycles. The number of aromatic nitrogens is 1. The molecule has 4 N–H and O–H groups in total. The molecule has 1 amide bonds. The molecule has 0 radical (unpaired) electrons. The van der Waals surface area contributed by atoms with Gasteiger partial charge in [-0.2, -0.15) is 0 Å². The monoisotopic (exact) mass is 327 g/mol. The van der Waals surface area contributed by atoms with Crippen LogP contribution in [0, 0.1) is 3.57 Å². The zero-order valence-electron chi connectivity index (χ0n) is 8.33. The molecule has 0 atom stereocenters. The molecular weight excluding hydrogens is 317 g/mol. The number of nitrogens with one attached hydrogen (secondary N) is 2. The molecule has 1 aromatic heterocycles. The number of H-pyrrole nitrogens is 1. The second-order valence-electron chi connectivity index (χ2n) is 3.28. The average Bonchev–Trinajstić information content (AvgIpc) is 2.68. The molecule has 0 saturated heterocycles. The van der Waals surface area contributed by atoms with E-state index >= 15 is 0 Å². The number of carbonyl (C=O) groups excluding carboxylic acids is 1. The van der Waals surface area contributed by atoms with Gasteiger partial charge in [-0.3, -0.25) is 4.79 Å². The number of anilines is 2. The molecule has 0 aliphatic heterocycles. The summed E-state index contributed by atoms with van der Waals surface area (Å²) in [6.45, 7) is 0. The average molecular weight is 327 g/mol. The van der Waals surface area contributed by atoms with Crippen LogP contribution < -0.4 is 11.1 Å². The lowest BCUT2D eigenvalue weighted by molar-refractivity contribution is 0.102. The molecule has 16 heavy (non-hydrogen) atoms. The molecule has 82 valence electrons. The van der Waals surface area contributed by atoms with Crippen LogP contribution in [0.2, 0.25) is 0 Å². The lowest BCUT2D eigenvalue weighted by Gasteiger charge is -2.05. The topological polar surface area (TPSA) is 70.9 Å². The number of amides is 1. The zero-order valence-corrected chi connectivity index (χ0v) is 10.5. The number of halogens is 1. The van der Waals surface area contributed by atoms with Crippen molar-refractivity contribution in [1.82, 2.24) is 4.98 Å². The molecule has 5 heteroatoms. The van der Waals surface area contributed by atoms with E-state index in [0.717, 1.165) is 9.26 Å². The fourth-order valence-corrected chi connectivity index (χ4v) is 1.82. The van der Waals surface area contributed by atoms with Crippen LogP contribution in [0.5, 0.6) is 0 Å². The Balaban J connectivity index is 2.17. The molecule has 1 heterocycles. The molecular formula is C11H10IN3O. The van der Waals surface area contributed by atoms with Crippen molar-refractivity contribution in [2.45, 2.75) is 0 Å². The van der Waals surface area contributed by atoms with E-state index in [1.807, 2.05) is 24.3 Å². The standard InChI is InChI=1S/C11H10IN3O/c12-8-3-1-2-4-9(8)15-11(16)10-5-7(13)6-14-10/h1-6,14H,13H2,(H,15,16). The van der Waals surface area contributed by atoms with Gasteiger partial charge in [0.15, 0.2) is 0 Å². The highest BCUT2D eigenvalue weighted by atomic mass is 127. The van der Waals surface area contributed by atoms with Gasteiger partial charge in [0, 0.05) is 15.5 Å². The van der Waals surface area contributed by atoms with Gasteiger partial charge in [-0.1, -0.05) is 12.1 Å². The smallest absolute Gasteiger partial charge is 0.272 e. The van der Waals surface area contributed by atoms with Gasteiger partial charge in [-0.05, 0) is 40.8 Å². The molecule has 0 bridgehead atoms. The second kappa shape index (κ2) is 4.56. The molecule has 0 saturated carbocycles. The normalized spacial score (nSPS) is 10.1. The fourth-order valence-electron chi connectivity index (χ4n) is 1.29. The highest BCUT2D eigenvalue weighted by Gasteiger charge is 2.09. The Morgan fingerprint density at radius 1 is 1.38 bits per heavy atom. The van der Waals surface area contributed by atoms with Gasteiger partial charge < -0.3 is 16.0 Å². The van der Waals surface area contributed by atoms with Crippen LogP contribution in [0.3, 0.4) is 0 Å². The number of para-hydroxylation sites is 1. The minimum atomic E-state index is -0.194. The Morgan fingerprint density at radius 3 is 2.75 bits per heavy atom. The van der Waals surface area contributed by atoms with Crippen LogP contribution in [-0.4, -0.2) is 10.9 Å². The van der Waals surface area contributed by atoms with Gasteiger partial charge in [0.1, 0.15) is 5.69 Å². The maximum absolute atomic E-state index is 11.8. The highest BCUT2D eigenvalue weighted by molar-refractivity contribution is 14.1. The van der Waals surface area contributed by atoms with Crippen molar-refractivity contribution in [3.8, 4) is 0 Å². The van der Waals surface area contributed by atoms with Crippen molar-refractivity contribution >= 4 is 39.9 Å². The van der Waals surface area contributed by atoms with Gasteiger partial charge in [0.2, 0.25) is 0 Å². The molecule has 1 aromatic carbocycles. The first-order valence-corrected chi connectivity index (χ1v) is 5.74. The Kier molecular flexibility index (Phi) is 3.14. The van der Waals surface area contributed by atoms with Gasteiger partial charge in [0.05, 0.1) is 5.69 Å². The Hall–Kier alpha value is -1.50. The first kappa shape index (κ1) is 11.0. The molecule has 2 aromatic rings. The maximum Gasteiger partial charge on any atom is 0.272 e. The largest absolute Gasteiger partial charge is 0.397 e. The number of nitrogens with two attached hydrogens (primary N) is 1. The third kappa shape index (κ3) is 2.35. The minimum Gasteiger partial charge on any atom is -0.397 e. The Labute approximate surface area is 106 Å². The summed E-state index contributed by atoms with van der Waals surface area (Å²) in [6.07, 6.45) is 1.59. The van der Waals surface area contributed by atoms with Crippen molar-refractivity contribution in [1.29, 1.82) is 0 Å². The third-order valence-corrected chi connectivity index (χ3v) is 3.01. The van der Waals surface area contributed by atoms with Crippen LogP contribution in [0.25, 0.3) is 0 Å². The summed E-state index contributed by atoms with van der Waals surface area (Å²) in [7, 11) is 0. The van der Waals surface area contributed by atoms with E-state index in [-0.39, 0.29) is 5.91 Å². The van der Waals surface area contributed by atoms with Gasteiger partial charge in [-0.15, -0.1) is 0 Å². The number of nitrogen functional groups attached to an aromatic ring is 1. The predicted octanol–water partition coefficient (Wildman–Crippen LogP) is 2.45. The number of aromatic amines is 1. The summed E-state index contributed by atoms with van der Waals surface area (Å²) in [4.78, 5) is 14.6. The quantitative estimate of drug-likeness (QED) is 0.742. The van der Waals surface area contributed by atoms with Crippen molar-refractivity contribution in [3.63, 3.8) is 0 Å². The van der Waals surface area contributed by atoms with E-state index in [9.17, 15) is 4.79 Å². The summed E-state index contributed by atoms with van der Waals surface area (Å²) >= 11 is 2.17. The van der Waals surface area contributed by atoms with Crippen molar-refractivity contribution in [3.05, 3.63) is 45.8 Å². The Bertz CT molecular complexity index is 521. The van der Waals surface area contributed by atoms with E-state index in [1.54, 1.807) is 12.3 Å². The summed E-state index contributed by atoms with van der Waals surface area (Å²) < 4.78 is 0.993.